The summed E-state index contributed by atoms with van der Waals surface area (Å²) in [7, 11) is 0. The second-order valence-electron chi connectivity index (χ2n) is 5.05. The lowest BCUT2D eigenvalue weighted by Crippen LogP contribution is -2.35. The molecule has 3 N–H and O–H groups in total. The lowest BCUT2D eigenvalue weighted by atomic mass is 9.86. The Labute approximate surface area is 114 Å². The van der Waals surface area contributed by atoms with E-state index in [1.54, 1.807) is 6.92 Å². The second kappa shape index (κ2) is 7.56. The van der Waals surface area contributed by atoms with Gasteiger partial charge in [0.05, 0.1) is 6.04 Å². The summed E-state index contributed by atoms with van der Waals surface area (Å²) in [4.78, 5) is 0. The highest BCUT2D eigenvalue weighted by molar-refractivity contribution is 5.29. The molecule has 1 aromatic rings. The Bertz CT molecular complexity index is 407. The molecule has 1 aromatic carbocycles. The number of rotatable bonds is 7. The number of benzene rings is 1. The van der Waals surface area contributed by atoms with Gasteiger partial charge in [0.15, 0.2) is 0 Å². The molecule has 0 amide bonds. The van der Waals surface area contributed by atoms with E-state index >= 15 is 0 Å². The minimum Gasteiger partial charge on any atom is -0.271 e. The Morgan fingerprint density at radius 2 is 1.95 bits per heavy atom. The van der Waals surface area contributed by atoms with Gasteiger partial charge in [0.2, 0.25) is 0 Å². The van der Waals surface area contributed by atoms with Gasteiger partial charge in [-0.3, -0.25) is 11.3 Å². The molecule has 1 rings (SSSR count). The number of hydrogen-bond acceptors (Lipinski definition) is 2. The Hall–Kier alpha value is -1.00. The molecule has 2 unspecified atom stereocenters. The summed E-state index contributed by atoms with van der Waals surface area (Å²) in [5, 5.41) is 0. The van der Waals surface area contributed by atoms with E-state index in [9.17, 15) is 8.78 Å². The maximum atomic E-state index is 14.2. The maximum Gasteiger partial charge on any atom is 0.133 e. The highest BCUT2D eigenvalue weighted by atomic mass is 19.1. The van der Waals surface area contributed by atoms with E-state index < -0.39 is 17.7 Å². The fourth-order valence-corrected chi connectivity index (χ4v) is 2.49. The first kappa shape index (κ1) is 16.1. The van der Waals surface area contributed by atoms with Crippen molar-refractivity contribution >= 4 is 0 Å². The van der Waals surface area contributed by atoms with Crippen molar-refractivity contribution in [1.82, 2.24) is 5.43 Å². The first-order chi connectivity index (χ1) is 9.06. The molecule has 0 heterocycles. The van der Waals surface area contributed by atoms with Crippen molar-refractivity contribution in [2.75, 3.05) is 0 Å². The van der Waals surface area contributed by atoms with Crippen LogP contribution in [0.15, 0.2) is 12.1 Å². The predicted molar refractivity (Wildman–Crippen MR) is 74.5 cm³/mol. The van der Waals surface area contributed by atoms with Crippen LogP contribution < -0.4 is 11.3 Å². The Morgan fingerprint density at radius 3 is 2.47 bits per heavy atom. The number of nitrogens with two attached hydrogens (primary N) is 1. The molecule has 0 fully saturated rings. The number of aryl methyl sites for hydroxylation is 1. The SMILES string of the molecule is CCCCC(CC)C(NN)c1c(F)ccc(C)c1F. The third-order valence-electron chi connectivity index (χ3n) is 3.73. The monoisotopic (exact) mass is 270 g/mol. The predicted octanol–water partition coefficient (Wildman–Crippen LogP) is 3.99. The third kappa shape index (κ3) is 3.74. The molecule has 0 saturated carbocycles. The van der Waals surface area contributed by atoms with Crippen molar-refractivity contribution in [2.45, 2.75) is 52.5 Å². The van der Waals surface area contributed by atoms with Crippen LogP contribution in [-0.2, 0) is 0 Å². The minimum atomic E-state index is -0.527. The number of hydrazine groups is 1. The molecule has 0 radical (unpaired) electrons. The van der Waals surface area contributed by atoms with Crippen LogP contribution in [0.1, 0.15) is 56.7 Å². The van der Waals surface area contributed by atoms with Crippen LogP contribution in [0.5, 0.6) is 0 Å². The molecule has 0 aliphatic heterocycles. The molecule has 0 spiro atoms. The van der Waals surface area contributed by atoms with Crippen LogP contribution in [0.4, 0.5) is 8.78 Å². The van der Waals surface area contributed by atoms with Gasteiger partial charge in [-0.15, -0.1) is 0 Å². The van der Waals surface area contributed by atoms with Gasteiger partial charge in [0.25, 0.3) is 0 Å². The third-order valence-corrected chi connectivity index (χ3v) is 3.73. The highest BCUT2D eigenvalue weighted by Gasteiger charge is 2.26. The maximum absolute atomic E-state index is 14.2. The Morgan fingerprint density at radius 1 is 1.26 bits per heavy atom. The molecule has 4 heteroatoms. The highest BCUT2D eigenvalue weighted by Crippen LogP contribution is 2.32. The van der Waals surface area contributed by atoms with Gasteiger partial charge in [-0.2, -0.15) is 0 Å². The van der Waals surface area contributed by atoms with Crippen molar-refractivity contribution in [3.63, 3.8) is 0 Å². The lowest BCUT2D eigenvalue weighted by Gasteiger charge is -2.27. The molecule has 2 nitrogen and oxygen atoms in total. The van der Waals surface area contributed by atoms with Crippen LogP contribution in [0.2, 0.25) is 0 Å². The molecule has 108 valence electrons. The molecule has 0 aromatic heterocycles. The van der Waals surface area contributed by atoms with Gasteiger partial charge in [0, 0.05) is 5.56 Å². The topological polar surface area (TPSA) is 38.0 Å². The molecule has 0 saturated heterocycles. The smallest absolute Gasteiger partial charge is 0.133 e. The molecule has 2 atom stereocenters. The summed E-state index contributed by atoms with van der Waals surface area (Å²) >= 11 is 0. The van der Waals surface area contributed by atoms with E-state index in [1.807, 2.05) is 6.92 Å². The van der Waals surface area contributed by atoms with E-state index in [0.717, 1.165) is 25.7 Å². The van der Waals surface area contributed by atoms with E-state index in [4.69, 9.17) is 5.84 Å². The Balaban J connectivity index is 3.11. The number of unbranched alkanes of at least 4 members (excludes halogenated alkanes) is 1. The number of halogens is 2. The summed E-state index contributed by atoms with van der Waals surface area (Å²) in [6, 6.07) is 2.29. The Kier molecular flexibility index (Phi) is 6.38. The first-order valence-corrected chi connectivity index (χ1v) is 6.97. The van der Waals surface area contributed by atoms with Crippen molar-refractivity contribution < 1.29 is 8.78 Å². The van der Waals surface area contributed by atoms with Gasteiger partial charge in [-0.05, 0) is 30.9 Å². The molecule has 0 aliphatic carbocycles. The normalized spacial score (nSPS) is 14.4. The van der Waals surface area contributed by atoms with Crippen molar-refractivity contribution in [3.05, 3.63) is 34.9 Å². The quantitative estimate of drug-likeness (QED) is 0.580. The largest absolute Gasteiger partial charge is 0.271 e. The minimum absolute atomic E-state index is 0.0745. The van der Waals surface area contributed by atoms with E-state index in [-0.39, 0.29) is 11.5 Å². The zero-order valence-corrected chi connectivity index (χ0v) is 12.0. The zero-order valence-electron chi connectivity index (χ0n) is 12.0. The van der Waals surface area contributed by atoms with E-state index in [0.29, 0.717) is 5.56 Å². The molecule has 0 bridgehead atoms. The first-order valence-electron chi connectivity index (χ1n) is 6.97. The van der Waals surface area contributed by atoms with Crippen LogP contribution >= 0.6 is 0 Å². The van der Waals surface area contributed by atoms with Crippen LogP contribution in [0.25, 0.3) is 0 Å². The molecular weight excluding hydrogens is 246 g/mol. The molecule has 0 aliphatic rings. The summed E-state index contributed by atoms with van der Waals surface area (Å²) in [6.45, 7) is 5.76. The average molecular weight is 270 g/mol. The van der Waals surface area contributed by atoms with Gasteiger partial charge in [-0.25, -0.2) is 8.78 Å². The van der Waals surface area contributed by atoms with Crippen LogP contribution in [-0.4, -0.2) is 0 Å². The van der Waals surface area contributed by atoms with E-state index in [1.165, 1.54) is 12.1 Å². The van der Waals surface area contributed by atoms with Crippen LogP contribution in [0, 0.1) is 24.5 Å². The average Bonchev–Trinajstić information content (AvgIpc) is 2.41. The standard InChI is InChI=1S/C15H24F2N2/c1-4-6-7-11(5-2)15(19-18)13-12(16)9-8-10(3)14(13)17/h8-9,11,15,19H,4-7,18H2,1-3H3. The summed E-state index contributed by atoms with van der Waals surface area (Å²) < 4.78 is 28.1. The molecular formula is C15H24F2N2. The molecule has 19 heavy (non-hydrogen) atoms. The fraction of sp³-hybridized carbons (Fsp3) is 0.600. The van der Waals surface area contributed by atoms with Gasteiger partial charge in [0.1, 0.15) is 11.6 Å². The zero-order chi connectivity index (χ0) is 14.4. The van der Waals surface area contributed by atoms with Crippen molar-refractivity contribution in [3.8, 4) is 0 Å². The second-order valence-corrected chi connectivity index (χ2v) is 5.05. The lowest BCUT2D eigenvalue weighted by molar-refractivity contribution is 0.310. The summed E-state index contributed by atoms with van der Waals surface area (Å²) in [6.07, 6.45) is 3.84. The number of nitrogens with one attached hydrogen (secondary N) is 1. The fourth-order valence-electron chi connectivity index (χ4n) is 2.49. The number of hydrogen-bond donors (Lipinski definition) is 2. The van der Waals surface area contributed by atoms with Gasteiger partial charge >= 0.3 is 0 Å². The van der Waals surface area contributed by atoms with Gasteiger partial charge < -0.3 is 0 Å². The van der Waals surface area contributed by atoms with Crippen LogP contribution in [0.3, 0.4) is 0 Å². The summed E-state index contributed by atoms with van der Waals surface area (Å²) in [5.74, 6) is 4.68. The summed E-state index contributed by atoms with van der Waals surface area (Å²) in [5.41, 5.74) is 3.13. The van der Waals surface area contributed by atoms with Gasteiger partial charge in [-0.1, -0.05) is 39.2 Å². The van der Waals surface area contributed by atoms with Crippen molar-refractivity contribution in [1.29, 1.82) is 0 Å². The van der Waals surface area contributed by atoms with E-state index in [2.05, 4.69) is 12.3 Å². The van der Waals surface area contributed by atoms with Crippen molar-refractivity contribution in [2.24, 2.45) is 11.8 Å².